The molecule has 1 amide bonds. The van der Waals surface area contributed by atoms with E-state index in [0.717, 1.165) is 12.0 Å². The predicted molar refractivity (Wildman–Crippen MR) is 78.1 cm³/mol. The fourth-order valence-corrected chi connectivity index (χ4v) is 3.32. The van der Waals surface area contributed by atoms with E-state index in [0.29, 0.717) is 11.6 Å². The summed E-state index contributed by atoms with van der Waals surface area (Å²) in [5, 5.41) is 3.72. The molecule has 3 nitrogen and oxygen atoms in total. The van der Waals surface area contributed by atoms with Gasteiger partial charge in [0.1, 0.15) is 0 Å². The molecule has 0 saturated heterocycles. The zero-order chi connectivity index (χ0) is 13.9. The highest BCUT2D eigenvalue weighted by Gasteiger charge is 2.34. The molecule has 104 valence electrons. The Balaban J connectivity index is 2.25. The Hall–Kier alpha value is -1.35. The SMILES string of the molecule is CC(C)NC1(Cc2ccccc2C(N)=O)CCCC1. The summed E-state index contributed by atoms with van der Waals surface area (Å²) in [4.78, 5) is 11.5. The van der Waals surface area contributed by atoms with Crippen molar-refractivity contribution in [3.8, 4) is 0 Å². The quantitative estimate of drug-likeness (QED) is 0.855. The Morgan fingerprint density at radius 3 is 2.53 bits per heavy atom. The molecule has 0 atom stereocenters. The van der Waals surface area contributed by atoms with E-state index in [1.54, 1.807) is 0 Å². The summed E-state index contributed by atoms with van der Waals surface area (Å²) in [5.74, 6) is -0.326. The number of hydrogen-bond donors (Lipinski definition) is 2. The smallest absolute Gasteiger partial charge is 0.248 e. The maximum atomic E-state index is 11.5. The van der Waals surface area contributed by atoms with Crippen molar-refractivity contribution in [3.05, 3.63) is 35.4 Å². The normalized spacial score (nSPS) is 17.8. The van der Waals surface area contributed by atoms with Gasteiger partial charge in [-0.15, -0.1) is 0 Å². The van der Waals surface area contributed by atoms with Gasteiger partial charge in [0, 0.05) is 17.1 Å². The maximum Gasteiger partial charge on any atom is 0.248 e. The highest BCUT2D eigenvalue weighted by molar-refractivity contribution is 5.94. The molecule has 0 radical (unpaired) electrons. The number of hydrogen-bond acceptors (Lipinski definition) is 2. The van der Waals surface area contributed by atoms with Crippen LogP contribution in [0.1, 0.15) is 55.5 Å². The summed E-state index contributed by atoms with van der Waals surface area (Å²) in [6.07, 6.45) is 5.78. The van der Waals surface area contributed by atoms with Gasteiger partial charge >= 0.3 is 0 Å². The Labute approximate surface area is 115 Å². The summed E-state index contributed by atoms with van der Waals surface area (Å²) in [6.45, 7) is 4.36. The van der Waals surface area contributed by atoms with E-state index in [9.17, 15) is 4.79 Å². The highest BCUT2D eigenvalue weighted by atomic mass is 16.1. The van der Waals surface area contributed by atoms with E-state index in [2.05, 4.69) is 19.2 Å². The first kappa shape index (κ1) is 14.1. The highest BCUT2D eigenvalue weighted by Crippen LogP contribution is 2.34. The molecule has 1 aromatic carbocycles. The van der Waals surface area contributed by atoms with Crippen LogP contribution in [-0.4, -0.2) is 17.5 Å². The summed E-state index contributed by atoms with van der Waals surface area (Å²) >= 11 is 0. The first-order valence-corrected chi connectivity index (χ1v) is 7.18. The number of nitrogens with one attached hydrogen (secondary N) is 1. The summed E-state index contributed by atoms with van der Waals surface area (Å²) in [7, 11) is 0. The van der Waals surface area contributed by atoms with Gasteiger partial charge in [-0.1, -0.05) is 44.9 Å². The average Bonchev–Trinajstić information content (AvgIpc) is 2.76. The van der Waals surface area contributed by atoms with Gasteiger partial charge in [-0.2, -0.15) is 0 Å². The number of carbonyl (C=O) groups is 1. The first-order chi connectivity index (χ1) is 9.02. The van der Waals surface area contributed by atoms with Crippen LogP contribution in [0.5, 0.6) is 0 Å². The summed E-state index contributed by atoms with van der Waals surface area (Å²) in [5.41, 5.74) is 7.35. The van der Waals surface area contributed by atoms with E-state index in [1.165, 1.54) is 25.7 Å². The lowest BCUT2D eigenvalue weighted by Crippen LogP contribution is -2.48. The van der Waals surface area contributed by atoms with E-state index in [4.69, 9.17) is 5.73 Å². The van der Waals surface area contributed by atoms with Gasteiger partial charge in [0.15, 0.2) is 0 Å². The van der Waals surface area contributed by atoms with Crippen LogP contribution in [0.2, 0.25) is 0 Å². The van der Waals surface area contributed by atoms with E-state index < -0.39 is 0 Å². The molecule has 0 heterocycles. The number of rotatable bonds is 5. The third-order valence-electron chi connectivity index (χ3n) is 3.97. The zero-order valence-electron chi connectivity index (χ0n) is 11.9. The fourth-order valence-electron chi connectivity index (χ4n) is 3.32. The van der Waals surface area contributed by atoms with Crippen LogP contribution < -0.4 is 11.1 Å². The van der Waals surface area contributed by atoms with Gasteiger partial charge in [0.05, 0.1) is 0 Å². The van der Waals surface area contributed by atoms with Gasteiger partial charge in [0.2, 0.25) is 5.91 Å². The molecule has 1 saturated carbocycles. The van der Waals surface area contributed by atoms with Crippen molar-refractivity contribution in [2.24, 2.45) is 5.73 Å². The van der Waals surface area contributed by atoms with E-state index in [-0.39, 0.29) is 11.4 Å². The van der Waals surface area contributed by atoms with Crippen LogP contribution in [0.4, 0.5) is 0 Å². The fraction of sp³-hybridized carbons (Fsp3) is 0.562. The minimum absolute atomic E-state index is 0.139. The largest absolute Gasteiger partial charge is 0.366 e. The number of amides is 1. The van der Waals surface area contributed by atoms with Crippen LogP contribution in [0, 0.1) is 0 Å². The molecule has 1 aliphatic rings. The van der Waals surface area contributed by atoms with Crippen molar-refractivity contribution in [2.45, 2.75) is 57.5 Å². The van der Waals surface area contributed by atoms with Gasteiger partial charge in [0.25, 0.3) is 0 Å². The van der Waals surface area contributed by atoms with Crippen molar-refractivity contribution in [3.63, 3.8) is 0 Å². The summed E-state index contributed by atoms with van der Waals surface area (Å²) < 4.78 is 0. The molecule has 1 fully saturated rings. The third-order valence-corrected chi connectivity index (χ3v) is 3.97. The molecule has 0 aliphatic heterocycles. The maximum absolute atomic E-state index is 11.5. The van der Waals surface area contributed by atoms with Crippen molar-refractivity contribution in [1.82, 2.24) is 5.32 Å². The van der Waals surface area contributed by atoms with Crippen LogP contribution in [0.3, 0.4) is 0 Å². The van der Waals surface area contributed by atoms with Gasteiger partial charge in [-0.05, 0) is 30.9 Å². The second-order valence-corrected chi connectivity index (χ2v) is 5.98. The first-order valence-electron chi connectivity index (χ1n) is 7.18. The van der Waals surface area contributed by atoms with Crippen LogP contribution in [-0.2, 0) is 6.42 Å². The lowest BCUT2D eigenvalue weighted by molar-refractivity contribution is 0.0999. The van der Waals surface area contributed by atoms with Gasteiger partial charge in [-0.25, -0.2) is 0 Å². The van der Waals surface area contributed by atoms with Crippen molar-refractivity contribution >= 4 is 5.91 Å². The van der Waals surface area contributed by atoms with Crippen molar-refractivity contribution in [1.29, 1.82) is 0 Å². The molecule has 2 rings (SSSR count). The minimum atomic E-state index is -0.326. The van der Waals surface area contributed by atoms with E-state index in [1.807, 2.05) is 24.3 Å². The molecule has 19 heavy (non-hydrogen) atoms. The monoisotopic (exact) mass is 260 g/mol. The zero-order valence-corrected chi connectivity index (χ0v) is 11.9. The molecular weight excluding hydrogens is 236 g/mol. The molecule has 1 aliphatic carbocycles. The predicted octanol–water partition coefficient (Wildman–Crippen LogP) is 2.64. The molecule has 0 spiro atoms. The van der Waals surface area contributed by atoms with Crippen molar-refractivity contribution < 1.29 is 4.79 Å². The second-order valence-electron chi connectivity index (χ2n) is 5.98. The Bertz CT molecular complexity index is 448. The lowest BCUT2D eigenvalue weighted by Gasteiger charge is -2.33. The van der Waals surface area contributed by atoms with Crippen LogP contribution >= 0.6 is 0 Å². The van der Waals surface area contributed by atoms with Gasteiger partial charge in [-0.3, -0.25) is 4.79 Å². The molecule has 0 unspecified atom stereocenters. The van der Waals surface area contributed by atoms with Crippen LogP contribution in [0.25, 0.3) is 0 Å². The topological polar surface area (TPSA) is 55.1 Å². The molecule has 0 aromatic heterocycles. The second kappa shape index (κ2) is 5.74. The van der Waals surface area contributed by atoms with Crippen molar-refractivity contribution in [2.75, 3.05) is 0 Å². The Morgan fingerprint density at radius 1 is 1.32 bits per heavy atom. The molecule has 1 aromatic rings. The number of primary amides is 1. The minimum Gasteiger partial charge on any atom is -0.366 e. The number of benzene rings is 1. The average molecular weight is 260 g/mol. The lowest BCUT2D eigenvalue weighted by atomic mass is 9.86. The standard InChI is InChI=1S/C16H24N2O/c1-12(2)18-16(9-5-6-10-16)11-13-7-3-4-8-14(13)15(17)19/h3-4,7-8,12,18H,5-6,9-11H2,1-2H3,(H2,17,19). The molecule has 3 N–H and O–H groups in total. The number of nitrogens with two attached hydrogens (primary N) is 1. The molecular formula is C16H24N2O. The third kappa shape index (κ3) is 3.35. The molecule has 3 heteroatoms. The van der Waals surface area contributed by atoms with E-state index >= 15 is 0 Å². The molecule has 0 bridgehead atoms. The van der Waals surface area contributed by atoms with Crippen LogP contribution in [0.15, 0.2) is 24.3 Å². The Morgan fingerprint density at radius 2 is 1.95 bits per heavy atom. The Kier molecular flexibility index (Phi) is 4.25. The number of carbonyl (C=O) groups excluding carboxylic acids is 1. The summed E-state index contributed by atoms with van der Waals surface area (Å²) in [6, 6.07) is 8.18. The van der Waals surface area contributed by atoms with Gasteiger partial charge < -0.3 is 11.1 Å².